The molecule has 0 aliphatic rings. The van der Waals surface area contributed by atoms with Crippen LogP contribution in [0, 0.1) is 6.92 Å². The highest BCUT2D eigenvalue weighted by atomic mass is 16.2. The van der Waals surface area contributed by atoms with E-state index in [4.69, 9.17) is 0 Å². The van der Waals surface area contributed by atoms with Gasteiger partial charge in [-0.2, -0.15) is 5.10 Å². The molecule has 0 aliphatic carbocycles. The molecule has 2 N–H and O–H groups in total. The molecule has 3 aromatic carbocycles. The highest BCUT2D eigenvalue weighted by Gasteiger charge is 2.09. The second-order valence-corrected chi connectivity index (χ2v) is 5.94. The van der Waals surface area contributed by atoms with Gasteiger partial charge in [-0.15, -0.1) is 0 Å². The molecule has 0 spiro atoms. The molecule has 0 atom stereocenters. The Morgan fingerprint density at radius 3 is 2.56 bits per heavy atom. The van der Waals surface area contributed by atoms with E-state index in [2.05, 4.69) is 15.5 Å². The summed E-state index contributed by atoms with van der Waals surface area (Å²) in [6.45, 7) is 1.99. The Kier molecular flexibility index (Phi) is 3.78. The molecular formula is C21H17N3O. The maximum Gasteiger partial charge on any atom is 0.271 e. The first-order chi connectivity index (χ1) is 12.2. The van der Waals surface area contributed by atoms with Gasteiger partial charge in [0.1, 0.15) is 0 Å². The molecule has 0 bridgehead atoms. The van der Waals surface area contributed by atoms with Crippen LogP contribution in [0.2, 0.25) is 0 Å². The molecule has 4 aromatic rings. The maximum absolute atomic E-state index is 12.5. The Morgan fingerprint density at radius 2 is 1.68 bits per heavy atom. The number of carbonyl (C=O) groups is 1. The van der Waals surface area contributed by atoms with Gasteiger partial charge >= 0.3 is 0 Å². The summed E-state index contributed by atoms with van der Waals surface area (Å²) in [5.74, 6) is -0.217. The van der Waals surface area contributed by atoms with Crippen molar-refractivity contribution in [2.75, 3.05) is 0 Å². The number of aryl methyl sites for hydroxylation is 1. The average molecular weight is 327 g/mol. The molecule has 0 aliphatic heterocycles. The minimum atomic E-state index is -0.217. The number of nitrogens with zero attached hydrogens (tertiary/aromatic N) is 1. The van der Waals surface area contributed by atoms with Crippen LogP contribution < -0.4 is 5.43 Å². The van der Waals surface area contributed by atoms with Gasteiger partial charge in [0.05, 0.1) is 6.21 Å². The number of hydrogen-bond acceptors (Lipinski definition) is 2. The SMILES string of the molecule is Cc1[nH]c2ccccc2c1/C=N/NC(=O)c1cccc2ccccc12. The quantitative estimate of drug-likeness (QED) is 0.425. The van der Waals surface area contributed by atoms with Crippen molar-refractivity contribution in [1.29, 1.82) is 0 Å². The van der Waals surface area contributed by atoms with Crippen molar-refractivity contribution in [3.63, 3.8) is 0 Å². The summed E-state index contributed by atoms with van der Waals surface area (Å²) in [5.41, 5.74) is 6.31. The Balaban J connectivity index is 1.61. The number of benzene rings is 3. The van der Waals surface area contributed by atoms with E-state index in [-0.39, 0.29) is 5.91 Å². The lowest BCUT2D eigenvalue weighted by atomic mass is 10.0. The second-order valence-electron chi connectivity index (χ2n) is 5.94. The summed E-state index contributed by atoms with van der Waals surface area (Å²) >= 11 is 0. The Hall–Kier alpha value is -3.40. The molecule has 4 rings (SSSR count). The van der Waals surface area contributed by atoms with Crippen molar-refractivity contribution >= 4 is 33.8 Å². The molecule has 1 aromatic heterocycles. The van der Waals surface area contributed by atoms with E-state index in [1.54, 1.807) is 6.21 Å². The highest BCUT2D eigenvalue weighted by Crippen LogP contribution is 2.20. The standard InChI is InChI=1S/C21H17N3O/c1-14-19(17-10-4-5-12-20(17)23-14)13-22-24-21(25)18-11-6-8-15-7-2-3-9-16(15)18/h2-13,23H,1H3,(H,24,25)/b22-13+. The van der Waals surface area contributed by atoms with Gasteiger partial charge in [0.15, 0.2) is 0 Å². The van der Waals surface area contributed by atoms with Crippen LogP contribution in [0.15, 0.2) is 71.8 Å². The summed E-state index contributed by atoms with van der Waals surface area (Å²) in [6, 6.07) is 21.5. The van der Waals surface area contributed by atoms with Crippen molar-refractivity contribution in [3.05, 3.63) is 83.6 Å². The van der Waals surface area contributed by atoms with Crippen molar-refractivity contribution < 1.29 is 4.79 Å². The van der Waals surface area contributed by atoms with E-state index in [0.29, 0.717) is 5.56 Å². The van der Waals surface area contributed by atoms with Crippen molar-refractivity contribution in [3.8, 4) is 0 Å². The number of rotatable bonds is 3. The Labute approximate surface area is 145 Å². The first-order valence-electron chi connectivity index (χ1n) is 8.12. The molecule has 0 saturated heterocycles. The topological polar surface area (TPSA) is 57.2 Å². The van der Waals surface area contributed by atoms with E-state index < -0.39 is 0 Å². The lowest BCUT2D eigenvalue weighted by molar-refractivity contribution is 0.0957. The van der Waals surface area contributed by atoms with Gasteiger partial charge in [0.2, 0.25) is 0 Å². The van der Waals surface area contributed by atoms with Gasteiger partial charge in [-0.1, -0.05) is 54.6 Å². The molecule has 1 amide bonds. The van der Waals surface area contributed by atoms with Crippen LogP contribution in [0.5, 0.6) is 0 Å². The van der Waals surface area contributed by atoms with Gasteiger partial charge in [0.25, 0.3) is 5.91 Å². The fourth-order valence-electron chi connectivity index (χ4n) is 3.10. The number of aromatic nitrogens is 1. The average Bonchev–Trinajstić information content (AvgIpc) is 2.96. The lowest BCUT2D eigenvalue weighted by Gasteiger charge is -2.04. The van der Waals surface area contributed by atoms with Crippen LogP contribution in [-0.4, -0.2) is 17.1 Å². The van der Waals surface area contributed by atoms with Gasteiger partial charge in [-0.25, -0.2) is 5.43 Å². The predicted octanol–water partition coefficient (Wildman–Crippen LogP) is 4.39. The van der Waals surface area contributed by atoms with Crippen molar-refractivity contribution in [2.24, 2.45) is 5.10 Å². The number of hydrogen-bond donors (Lipinski definition) is 2. The molecular weight excluding hydrogens is 310 g/mol. The van der Waals surface area contributed by atoms with Crippen LogP contribution >= 0.6 is 0 Å². The van der Waals surface area contributed by atoms with Crippen molar-refractivity contribution in [2.45, 2.75) is 6.92 Å². The number of fused-ring (bicyclic) bond motifs is 2. The summed E-state index contributed by atoms with van der Waals surface area (Å²) in [6.07, 6.45) is 1.69. The van der Waals surface area contributed by atoms with Gasteiger partial charge in [-0.05, 0) is 29.8 Å². The van der Waals surface area contributed by atoms with Crippen LogP contribution in [-0.2, 0) is 0 Å². The minimum Gasteiger partial charge on any atom is -0.358 e. The molecule has 122 valence electrons. The zero-order valence-corrected chi connectivity index (χ0v) is 13.8. The molecule has 0 saturated carbocycles. The van der Waals surface area contributed by atoms with E-state index >= 15 is 0 Å². The fourth-order valence-corrected chi connectivity index (χ4v) is 3.10. The van der Waals surface area contributed by atoms with Crippen LogP contribution in [0.25, 0.3) is 21.7 Å². The van der Waals surface area contributed by atoms with Crippen LogP contribution in [0.1, 0.15) is 21.6 Å². The fraction of sp³-hybridized carbons (Fsp3) is 0.0476. The van der Waals surface area contributed by atoms with E-state index in [9.17, 15) is 4.79 Å². The number of para-hydroxylation sites is 1. The van der Waals surface area contributed by atoms with Gasteiger partial charge in [-0.3, -0.25) is 4.79 Å². The number of carbonyl (C=O) groups excluding carboxylic acids is 1. The maximum atomic E-state index is 12.5. The molecule has 0 fully saturated rings. The molecule has 0 unspecified atom stereocenters. The van der Waals surface area contributed by atoms with E-state index in [0.717, 1.165) is 32.9 Å². The molecule has 4 nitrogen and oxygen atoms in total. The predicted molar refractivity (Wildman–Crippen MR) is 102 cm³/mol. The zero-order valence-electron chi connectivity index (χ0n) is 13.8. The summed E-state index contributed by atoms with van der Waals surface area (Å²) in [5, 5.41) is 7.20. The number of amides is 1. The lowest BCUT2D eigenvalue weighted by Crippen LogP contribution is -2.17. The summed E-state index contributed by atoms with van der Waals surface area (Å²) < 4.78 is 0. The van der Waals surface area contributed by atoms with Crippen LogP contribution in [0.3, 0.4) is 0 Å². The number of H-pyrrole nitrogens is 1. The van der Waals surface area contributed by atoms with Crippen molar-refractivity contribution in [1.82, 2.24) is 10.4 Å². The highest BCUT2D eigenvalue weighted by molar-refractivity contribution is 6.07. The van der Waals surface area contributed by atoms with Gasteiger partial charge in [0, 0.05) is 27.7 Å². The molecule has 1 heterocycles. The summed E-state index contributed by atoms with van der Waals surface area (Å²) in [4.78, 5) is 15.8. The monoisotopic (exact) mass is 327 g/mol. The second kappa shape index (κ2) is 6.24. The number of hydrazone groups is 1. The normalized spacial score (nSPS) is 11.4. The first-order valence-corrected chi connectivity index (χ1v) is 8.12. The number of nitrogens with one attached hydrogen (secondary N) is 2. The van der Waals surface area contributed by atoms with E-state index in [1.807, 2.05) is 73.7 Å². The van der Waals surface area contributed by atoms with Gasteiger partial charge < -0.3 is 4.98 Å². The Morgan fingerprint density at radius 1 is 0.960 bits per heavy atom. The van der Waals surface area contributed by atoms with Crippen LogP contribution in [0.4, 0.5) is 0 Å². The smallest absolute Gasteiger partial charge is 0.271 e. The largest absolute Gasteiger partial charge is 0.358 e. The number of aromatic amines is 1. The summed E-state index contributed by atoms with van der Waals surface area (Å²) in [7, 11) is 0. The third kappa shape index (κ3) is 2.78. The first kappa shape index (κ1) is 15.1. The zero-order chi connectivity index (χ0) is 17.2. The third-order valence-corrected chi connectivity index (χ3v) is 4.34. The third-order valence-electron chi connectivity index (χ3n) is 4.34. The Bertz CT molecular complexity index is 1100. The molecule has 4 heteroatoms. The minimum absolute atomic E-state index is 0.217. The molecule has 25 heavy (non-hydrogen) atoms. The molecule has 0 radical (unpaired) electrons. The van der Waals surface area contributed by atoms with E-state index in [1.165, 1.54) is 0 Å².